The third kappa shape index (κ3) is 2.94. The summed E-state index contributed by atoms with van der Waals surface area (Å²) < 4.78 is 23.3. The van der Waals surface area contributed by atoms with Gasteiger partial charge < -0.3 is 4.90 Å². The van der Waals surface area contributed by atoms with E-state index in [4.69, 9.17) is 0 Å². The zero-order valence-corrected chi connectivity index (χ0v) is 13.9. The number of carbonyl (C=O) groups is 1. The second kappa shape index (κ2) is 5.85. The molecule has 1 aliphatic rings. The molecular formula is C16H17NO3S2. The first-order chi connectivity index (χ1) is 10.5. The summed E-state index contributed by atoms with van der Waals surface area (Å²) in [5.41, 5.74) is 0.436. The predicted molar refractivity (Wildman–Crippen MR) is 86.9 cm³/mol. The lowest BCUT2D eigenvalue weighted by Gasteiger charge is -2.24. The van der Waals surface area contributed by atoms with Gasteiger partial charge in [0, 0.05) is 23.2 Å². The molecule has 4 nitrogen and oxygen atoms in total. The van der Waals surface area contributed by atoms with E-state index in [1.165, 1.54) is 17.0 Å². The number of thiophene rings is 1. The molecule has 0 radical (unpaired) electrons. The Hall–Kier alpha value is -1.66. The lowest BCUT2D eigenvalue weighted by atomic mass is 10.1. The van der Waals surface area contributed by atoms with Gasteiger partial charge in [-0.25, -0.2) is 8.42 Å². The number of benzene rings is 1. The van der Waals surface area contributed by atoms with Crippen molar-refractivity contribution < 1.29 is 13.2 Å². The standard InChI is InChI=1S/C16H17NO3S2/c1-22(19,20)13-6-2-5-12(11-13)16(18)17-9-3-7-14(17)15-8-4-10-21-15/h2,4-6,8,10-11,14H,3,7,9H2,1H3/t14-/m0/s1. The van der Waals surface area contributed by atoms with Gasteiger partial charge in [-0.1, -0.05) is 12.1 Å². The molecule has 1 amide bonds. The highest BCUT2D eigenvalue weighted by atomic mass is 32.2. The summed E-state index contributed by atoms with van der Waals surface area (Å²) in [5.74, 6) is -0.0959. The lowest BCUT2D eigenvalue weighted by Crippen LogP contribution is -2.30. The predicted octanol–water partition coefficient (Wildman–Crippen LogP) is 3.13. The van der Waals surface area contributed by atoms with Gasteiger partial charge in [-0.05, 0) is 42.5 Å². The molecule has 1 aliphatic heterocycles. The Balaban J connectivity index is 1.91. The molecule has 6 heteroatoms. The fourth-order valence-electron chi connectivity index (χ4n) is 2.81. The number of hydrogen-bond donors (Lipinski definition) is 0. The minimum absolute atomic E-state index is 0.0959. The molecule has 0 N–H and O–H groups in total. The molecule has 0 aliphatic carbocycles. The maximum absolute atomic E-state index is 12.8. The normalized spacial score (nSPS) is 18.6. The molecule has 3 rings (SSSR count). The molecule has 1 atom stereocenters. The maximum Gasteiger partial charge on any atom is 0.254 e. The average molecular weight is 335 g/mol. The summed E-state index contributed by atoms with van der Waals surface area (Å²) in [5, 5.41) is 2.01. The van der Waals surface area contributed by atoms with Gasteiger partial charge in [-0.2, -0.15) is 0 Å². The third-order valence-corrected chi connectivity index (χ3v) is 5.98. The third-order valence-electron chi connectivity index (χ3n) is 3.89. The van der Waals surface area contributed by atoms with E-state index in [-0.39, 0.29) is 16.8 Å². The van der Waals surface area contributed by atoms with Crippen LogP contribution in [-0.4, -0.2) is 32.0 Å². The molecule has 116 valence electrons. The van der Waals surface area contributed by atoms with Crippen LogP contribution in [0.3, 0.4) is 0 Å². The number of nitrogens with zero attached hydrogens (tertiary/aromatic N) is 1. The first-order valence-corrected chi connectivity index (χ1v) is 9.88. The summed E-state index contributed by atoms with van der Waals surface area (Å²) in [6, 6.07) is 10.4. The van der Waals surface area contributed by atoms with Gasteiger partial charge in [0.25, 0.3) is 5.91 Å². The Labute approximate surface area is 134 Å². The van der Waals surface area contributed by atoms with Crippen molar-refractivity contribution in [3.05, 3.63) is 52.2 Å². The van der Waals surface area contributed by atoms with Crippen LogP contribution in [0.25, 0.3) is 0 Å². The van der Waals surface area contributed by atoms with Crippen molar-refractivity contribution in [1.82, 2.24) is 4.90 Å². The Kier molecular flexibility index (Phi) is 4.06. The van der Waals surface area contributed by atoms with Crippen molar-refractivity contribution in [2.75, 3.05) is 12.8 Å². The summed E-state index contributed by atoms with van der Waals surface area (Å²) in [6.07, 6.45) is 3.08. The number of carbonyl (C=O) groups excluding carboxylic acids is 1. The Morgan fingerprint density at radius 2 is 2.09 bits per heavy atom. The van der Waals surface area contributed by atoms with E-state index in [1.807, 2.05) is 22.4 Å². The van der Waals surface area contributed by atoms with Gasteiger partial charge >= 0.3 is 0 Å². The number of likely N-dealkylation sites (tertiary alicyclic amines) is 1. The van der Waals surface area contributed by atoms with Crippen LogP contribution < -0.4 is 0 Å². The Morgan fingerprint density at radius 1 is 1.27 bits per heavy atom. The van der Waals surface area contributed by atoms with E-state index in [1.54, 1.807) is 23.5 Å². The van der Waals surface area contributed by atoms with Crippen molar-refractivity contribution in [2.24, 2.45) is 0 Å². The number of sulfone groups is 1. The van der Waals surface area contributed by atoms with E-state index < -0.39 is 9.84 Å². The maximum atomic E-state index is 12.8. The molecule has 2 heterocycles. The fraction of sp³-hybridized carbons (Fsp3) is 0.312. The monoisotopic (exact) mass is 335 g/mol. The smallest absolute Gasteiger partial charge is 0.254 e. The first kappa shape index (κ1) is 15.2. The van der Waals surface area contributed by atoms with E-state index in [0.717, 1.165) is 19.1 Å². The largest absolute Gasteiger partial charge is 0.331 e. The van der Waals surface area contributed by atoms with E-state index in [0.29, 0.717) is 12.1 Å². The van der Waals surface area contributed by atoms with Crippen molar-refractivity contribution in [3.63, 3.8) is 0 Å². The van der Waals surface area contributed by atoms with Gasteiger partial charge in [-0.3, -0.25) is 4.79 Å². The van der Waals surface area contributed by atoms with Gasteiger partial charge in [0.1, 0.15) is 0 Å². The van der Waals surface area contributed by atoms with Gasteiger partial charge in [0.15, 0.2) is 9.84 Å². The minimum Gasteiger partial charge on any atom is -0.331 e. The van der Waals surface area contributed by atoms with Crippen molar-refractivity contribution in [2.45, 2.75) is 23.8 Å². The van der Waals surface area contributed by atoms with E-state index in [2.05, 4.69) is 0 Å². The van der Waals surface area contributed by atoms with E-state index >= 15 is 0 Å². The minimum atomic E-state index is -3.31. The highest BCUT2D eigenvalue weighted by molar-refractivity contribution is 7.90. The number of rotatable bonds is 3. The highest BCUT2D eigenvalue weighted by Crippen LogP contribution is 2.35. The SMILES string of the molecule is CS(=O)(=O)c1cccc(C(=O)N2CCC[C@H]2c2cccs2)c1. The van der Waals surface area contributed by atoms with E-state index in [9.17, 15) is 13.2 Å². The molecule has 22 heavy (non-hydrogen) atoms. The molecule has 0 unspecified atom stereocenters. The summed E-state index contributed by atoms with van der Waals surface area (Å²) in [7, 11) is -3.31. The van der Waals surface area contributed by atoms with Crippen LogP contribution in [0.2, 0.25) is 0 Å². The Morgan fingerprint density at radius 3 is 2.77 bits per heavy atom. The second-order valence-corrected chi connectivity index (χ2v) is 8.47. The van der Waals surface area contributed by atoms with Crippen LogP contribution in [0.5, 0.6) is 0 Å². The molecule has 2 aromatic rings. The van der Waals surface area contributed by atoms with Crippen molar-refractivity contribution in [3.8, 4) is 0 Å². The number of hydrogen-bond acceptors (Lipinski definition) is 4. The molecule has 1 aromatic heterocycles. The molecule has 0 saturated carbocycles. The zero-order chi connectivity index (χ0) is 15.7. The van der Waals surface area contributed by atoms with Crippen LogP contribution in [-0.2, 0) is 9.84 Å². The van der Waals surface area contributed by atoms with Gasteiger partial charge in [0.05, 0.1) is 10.9 Å². The summed E-state index contributed by atoms with van der Waals surface area (Å²) >= 11 is 1.65. The zero-order valence-electron chi connectivity index (χ0n) is 12.2. The molecule has 0 spiro atoms. The first-order valence-electron chi connectivity index (χ1n) is 7.11. The molecule has 1 saturated heterocycles. The lowest BCUT2D eigenvalue weighted by molar-refractivity contribution is 0.0737. The summed E-state index contributed by atoms with van der Waals surface area (Å²) in [4.78, 5) is 16.0. The molecular weight excluding hydrogens is 318 g/mol. The molecule has 1 aromatic carbocycles. The molecule has 0 bridgehead atoms. The number of amides is 1. The summed E-state index contributed by atoms with van der Waals surface area (Å²) in [6.45, 7) is 0.713. The second-order valence-electron chi connectivity index (χ2n) is 5.47. The molecule has 1 fully saturated rings. The average Bonchev–Trinajstić information content (AvgIpc) is 3.16. The topological polar surface area (TPSA) is 54.5 Å². The van der Waals surface area contributed by atoms with Crippen LogP contribution in [0.1, 0.15) is 34.1 Å². The van der Waals surface area contributed by atoms with Gasteiger partial charge in [0.2, 0.25) is 0 Å². The van der Waals surface area contributed by atoms with Crippen molar-refractivity contribution in [1.29, 1.82) is 0 Å². The van der Waals surface area contributed by atoms with Crippen LogP contribution in [0.15, 0.2) is 46.7 Å². The van der Waals surface area contributed by atoms with Crippen molar-refractivity contribution >= 4 is 27.1 Å². The quantitative estimate of drug-likeness (QED) is 0.866. The van der Waals surface area contributed by atoms with Crippen LogP contribution >= 0.6 is 11.3 Å². The van der Waals surface area contributed by atoms with Crippen LogP contribution in [0, 0.1) is 0 Å². The van der Waals surface area contributed by atoms with Gasteiger partial charge in [-0.15, -0.1) is 11.3 Å². The highest BCUT2D eigenvalue weighted by Gasteiger charge is 2.31. The van der Waals surface area contributed by atoms with Crippen LogP contribution in [0.4, 0.5) is 0 Å². The Bertz CT molecular complexity index is 781. The fourth-order valence-corrected chi connectivity index (χ4v) is 4.35.